The Morgan fingerprint density at radius 2 is 1.88 bits per heavy atom. The summed E-state index contributed by atoms with van der Waals surface area (Å²) in [5.74, 6) is 0.533. The molecule has 1 rings (SSSR count). The Labute approximate surface area is 98.8 Å². The highest BCUT2D eigenvalue weighted by atomic mass is 16.5. The van der Waals surface area contributed by atoms with Gasteiger partial charge in [0, 0.05) is 19.8 Å². The Morgan fingerprint density at radius 3 is 2.44 bits per heavy atom. The van der Waals surface area contributed by atoms with Crippen molar-refractivity contribution in [2.24, 2.45) is 11.7 Å². The van der Waals surface area contributed by atoms with Crippen LogP contribution < -0.4 is 5.73 Å². The fraction of sp³-hybridized carbons (Fsp3) is 0.571. The zero-order valence-electron chi connectivity index (χ0n) is 10.6. The van der Waals surface area contributed by atoms with E-state index in [0.29, 0.717) is 5.92 Å². The molecule has 2 heteroatoms. The maximum atomic E-state index is 6.12. The van der Waals surface area contributed by atoms with Crippen LogP contribution in [0.1, 0.15) is 24.5 Å². The van der Waals surface area contributed by atoms with Crippen LogP contribution in [0.2, 0.25) is 0 Å². The Kier molecular flexibility index (Phi) is 5.50. The van der Waals surface area contributed by atoms with E-state index in [0.717, 1.165) is 19.4 Å². The third-order valence-electron chi connectivity index (χ3n) is 2.77. The lowest BCUT2D eigenvalue weighted by Gasteiger charge is -2.16. The van der Waals surface area contributed by atoms with Gasteiger partial charge in [0.2, 0.25) is 0 Å². The number of aryl methyl sites for hydroxylation is 1. The SMILES string of the molecule is COCC(C)CC(N)Cc1ccc(C)cc1. The predicted molar refractivity (Wildman–Crippen MR) is 68.5 cm³/mol. The third-order valence-corrected chi connectivity index (χ3v) is 2.77. The molecule has 2 nitrogen and oxygen atoms in total. The second kappa shape index (κ2) is 6.66. The normalized spacial score (nSPS) is 14.8. The van der Waals surface area contributed by atoms with E-state index in [1.54, 1.807) is 7.11 Å². The van der Waals surface area contributed by atoms with Crippen molar-refractivity contribution in [2.45, 2.75) is 32.7 Å². The van der Waals surface area contributed by atoms with E-state index in [-0.39, 0.29) is 6.04 Å². The minimum Gasteiger partial charge on any atom is -0.384 e. The molecule has 0 saturated carbocycles. The van der Waals surface area contributed by atoms with Gasteiger partial charge in [0.05, 0.1) is 0 Å². The van der Waals surface area contributed by atoms with Gasteiger partial charge in [-0.1, -0.05) is 36.8 Å². The number of nitrogens with two attached hydrogens (primary N) is 1. The molecule has 0 heterocycles. The Balaban J connectivity index is 2.39. The van der Waals surface area contributed by atoms with Crippen LogP contribution in [0.4, 0.5) is 0 Å². The molecule has 2 N–H and O–H groups in total. The zero-order chi connectivity index (χ0) is 12.0. The van der Waals surface area contributed by atoms with Crippen molar-refractivity contribution in [3.63, 3.8) is 0 Å². The summed E-state index contributed by atoms with van der Waals surface area (Å²) < 4.78 is 5.11. The highest BCUT2D eigenvalue weighted by Crippen LogP contribution is 2.11. The summed E-state index contributed by atoms with van der Waals surface area (Å²) in [7, 11) is 1.74. The van der Waals surface area contributed by atoms with Gasteiger partial charge >= 0.3 is 0 Å². The largest absolute Gasteiger partial charge is 0.384 e. The van der Waals surface area contributed by atoms with Crippen LogP contribution in [0, 0.1) is 12.8 Å². The fourth-order valence-corrected chi connectivity index (χ4v) is 1.98. The first-order valence-corrected chi connectivity index (χ1v) is 5.92. The van der Waals surface area contributed by atoms with Gasteiger partial charge in [0.15, 0.2) is 0 Å². The number of methoxy groups -OCH3 is 1. The molecular formula is C14H23NO. The van der Waals surface area contributed by atoms with Crippen LogP contribution in [0.3, 0.4) is 0 Å². The zero-order valence-corrected chi connectivity index (χ0v) is 10.6. The number of benzene rings is 1. The van der Waals surface area contributed by atoms with Crippen molar-refractivity contribution in [2.75, 3.05) is 13.7 Å². The maximum Gasteiger partial charge on any atom is 0.0488 e. The molecule has 0 aliphatic heterocycles. The highest BCUT2D eigenvalue weighted by molar-refractivity contribution is 5.21. The van der Waals surface area contributed by atoms with Crippen molar-refractivity contribution in [1.82, 2.24) is 0 Å². The van der Waals surface area contributed by atoms with E-state index in [9.17, 15) is 0 Å². The molecule has 0 fully saturated rings. The lowest BCUT2D eigenvalue weighted by atomic mass is 9.97. The summed E-state index contributed by atoms with van der Waals surface area (Å²) in [4.78, 5) is 0. The van der Waals surface area contributed by atoms with Crippen molar-refractivity contribution < 1.29 is 4.74 Å². The predicted octanol–water partition coefficient (Wildman–Crippen LogP) is 2.54. The minimum absolute atomic E-state index is 0.229. The molecule has 16 heavy (non-hydrogen) atoms. The average molecular weight is 221 g/mol. The van der Waals surface area contributed by atoms with E-state index in [4.69, 9.17) is 10.5 Å². The molecule has 0 aliphatic rings. The van der Waals surface area contributed by atoms with Crippen LogP contribution >= 0.6 is 0 Å². The first-order valence-electron chi connectivity index (χ1n) is 5.92. The van der Waals surface area contributed by atoms with Gasteiger partial charge in [0.25, 0.3) is 0 Å². The molecule has 0 saturated heterocycles. The Morgan fingerprint density at radius 1 is 1.25 bits per heavy atom. The molecule has 0 spiro atoms. The second-order valence-electron chi connectivity index (χ2n) is 4.75. The topological polar surface area (TPSA) is 35.2 Å². The van der Waals surface area contributed by atoms with Crippen LogP contribution in [0.5, 0.6) is 0 Å². The minimum atomic E-state index is 0.229. The number of hydrogen-bond donors (Lipinski definition) is 1. The molecule has 0 aliphatic carbocycles. The smallest absolute Gasteiger partial charge is 0.0488 e. The summed E-state index contributed by atoms with van der Waals surface area (Å²) in [6, 6.07) is 8.83. The van der Waals surface area contributed by atoms with Crippen LogP contribution in [-0.2, 0) is 11.2 Å². The lowest BCUT2D eigenvalue weighted by Crippen LogP contribution is -2.26. The highest BCUT2D eigenvalue weighted by Gasteiger charge is 2.09. The standard InChI is InChI=1S/C14H23NO/c1-11-4-6-13(7-5-11)9-14(15)8-12(2)10-16-3/h4-7,12,14H,8-10,15H2,1-3H3. The molecule has 0 radical (unpaired) electrons. The Bertz CT molecular complexity index is 294. The number of ether oxygens (including phenoxy) is 1. The van der Waals surface area contributed by atoms with Gasteiger partial charge in [-0.25, -0.2) is 0 Å². The monoisotopic (exact) mass is 221 g/mol. The van der Waals surface area contributed by atoms with E-state index in [1.165, 1.54) is 11.1 Å². The van der Waals surface area contributed by atoms with Crippen molar-refractivity contribution in [3.8, 4) is 0 Å². The van der Waals surface area contributed by atoms with Gasteiger partial charge < -0.3 is 10.5 Å². The molecule has 2 atom stereocenters. The van der Waals surface area contributed by atoms with E-state index >= 15 is 0 Å². The van der Waals surface area contributed by atoms with Gasteiger partial charge in [-0.2, -0.15) is 0 Å². The van der Waals surface area contributed by atoms with Crippen molar-refractivity contribution in [1.29, 1.82) is 0 Å². The molecule has 0 bridgehead atoms. The van der Waals surface area contributed by atoms with Crippen molar-refractivity contribution >= 4 is 0 Å². The first-order chi connectivity index (χ1) is 7.61. The second-order valence-corrected chi connectivity index (χ2v) is 4.75. The van der Waals surface area contributed by atoms with E-state index in [2.05, 4.69) is 38.1 Å². The first kappa shape index (κ1) is 13.2. The molecular weight excluding hydrogens is 198 g/mol. The van der Waals surface area contributed by atoms with Gasteiger partial charge in [0.1, 0.15) is 0 Å². The summed E-state index contributed by atoms with van der Waals surface area (Å²) in [6.07, 6.45) is 1.97. The molecule has 2 unspecified atom stereocenters. The molecule has 0 amide bonds. The van der Waals surface area contributed by atoms with Crippen LogP contribution in [-0.4, -0.2) is 19.8 Å². The molecule has 1 aromatic rings. The summed E-state index contributed by atoms with van der Waals surface area (Å²) in [5, 5.41) is 0. The summed E-state index contributed by atoms with van der Waals surface area (Å²) >= 11 is 0. The Hall–Kier alpha value is -0.860. The fourth-order valence-electron chi connectivity index (χ4n) is 1.98. The third kappa shape index (κ3) is 4.77. The lowest BCUT2D eigenvalue weighted by molar-refractivity contribution is 0.152. The average Bonchev–Trinajstić information content (AvgIpc) is 2.21. The van der Waals surface area contributed by atoms with Crippen LogP contribution in [0.25, 0.3) is 0 Å². The van der Waals surface area contributed by atoms with Crippen molar-refractivity contribution in [3.05, 3.63) is 35.4 Å². The van der Waals surface area contributed by atoms with Gasteiger partial charge in [-0.05, 0) is 31.2 Å². The maximum absolute atomic E-state index is 6.12. The van der Waals surface area contributed by atoms with Gasteiger partial charge in [-0.15, -0.1) is 0 Å². The molecule has 1 aromatic carbocycles. The summed E-state index contributed by atoms with van der Waals surface area (Å²) in [5.41, 5.74) is 8.74. The molecule has 0 aromatic heterocycles. The quantitative estimate of drug-likeness (QED) is 0.801. The number of rotatable bonds is 6. The number of hydrogen-bond acceptors (Lipinski definition) is 2. The van der Waals surface area contributed by atoms with Crippen LogP contribution in [0.15, 0.2) is 24.3 Å². The van der Waals surface area contributed by atoms with Gasteiger partial charge in [-0.3, -0.25) is 0 Å². The van der Waals surface area contributed by atoms with E-state index in [1.807, 2.05) is 0 Å². The molecule has 90 valence electrons. The van der Waals surface area contributed by atoms with E-state index < -0.39 is 0 Å². The summed E-state index contributed by atoms with van der Waals surface area (Å²) in [6.45, 7) is 5.07.